The van der Waals surface area contributed by atoms with Gasteiger partial charge in [0.2, 0.25) is 0 Å². The predicted molar refractivity (Wildman–Crippen MR) is 64.5 cm³/mol. The highest BCUT2D eigenvalue weighted by Gasteiger charge is 2.45. The highest BCUT2D eigenvalue weighted by Crippen LogP contribution is 2.50. The number of allylic oxidation sites excluding steroid dienone is 1. The van der Waals surface area contributed by atoms with E-state index in [9.17, 15) is 9.59 Å². The van der Waals surface area contributed by atoms with Crippen molar-refractivity contribution in [3.63, 3.8) is 0 Å². The molecule has 2 saturated carbocycles. The minimum absolute atomic E-state index is 0.290. The van der Waals surface area contributed by atoms with Crippen LogP contribution in [0, 0.1) is 5.41 Å². The van der Waals surface area contributed by atoms with Crippen LogP contribution in [-0.2, 0) is 14.3 Å². The Balaban J connectivity index is 2.21. The number of ether oxygens (including phenoxy) is 1. The number of hydrogen-bond donors (Lipinski definition) is 0. The molecule has 0 saturated heterocycles. The summed E-state index contributed by atoms with van der Waals surface area (Å²) in [6, 6.07) is 0. The van der Waals surface area contributed by atoms with Crippen molar-refractivity contribution < 1.29 is 14.3 Å². The van der Waals surface area contributed by atoms with Crippen LogP contribution in [0.3, 0.4) is 0 Å². The summed E-state index contributed by atoms with van der Waals surface area (Å²) in [4.78, 5) is 23.7. The smallest absolute Gasteiger partial charge is 0.330 e. The Bertz CT molecular complexity index is 356. The number of hydrogen-bond acceptors (Lipinski definition) is 3. The first kappa shape index (κ1) is 12.3. The molecule has 0 N–H and O–H groups in total. The normalized spacial score (nSPS) is 31.1. The molecule has 0 aromatic carbocycles. The van der Waals surface area contributed by atoms with Crippen molar-refractivity contribution in [1.29, 1.82) is 0 Å². The van der Waals surface area contributed by atoms with Gasteiger partial charge in [0.05, 0.1) is 12.0 Å². The predicted octanol–water partition coefficient (Wildman–Crippen LogP) is 2.79. The fraction of sp³-hybridized carbons (Fsp3) is 0.714. The molecule has 2 aliphatic rings. The Labute approximate surface area is 102 Å². The molecular weight excluding hydrogens is 216 g/mol. The summed E-state index contributed by atoms with van der Waals surface area (Å²) in [5, 5.41) is 0. The van der Waals surface area contributed by atoms with E-state index in [0.29, 0.717) is 18.8 Å². The van der Waals surface area contributed by atoms with Crippen LogP contribution in [0.2, 0.25) is 0 Å². The molecule has 2 aliphatic carbocycles. The van der Waals surface area contributed by atoms with Crippen LogP contribution in [0.4, 0.5) is 0 Å². The maximum absolute atomic E-state index is 12.2. The van der Waals surface area contributed by atoms with E-state index in [-0.39, 0.29) is 11.4 Å². The largest absolute Gasteiger partial charge is 0.463 e. The van der Waals surface area contributed by atoms with Crippen LogP contribution in [0.15, 0.2) is 11.6 Å². The van der Waals surface area contributed by atoms with Gasteiger partial charge in [0.1, 0.15) is 5.78 Å². The number of carbonyl (C=O) groups excluding carboxylic acids is 2. The zero-order chi connectivity index (χ0) is 12.3. The van der Waals surface area contributed by atoms with Gasteiger partial charge < -0.3 is 4.74 Å². The molecule has 1 unspecified atom stereocenters. The van der Waals surface area contributed by atoms with Gasteiger partial charge in [0, 0.05) is 12.5 Å². The lowest BCUT2D eigenvalue weighted by molar-refractivity contribution is -0.137. The summed E-state index contributed by atoms with van der Waals surface area (Å²) in [6.07, 6.45) is 8.13. The molecule has 94 valence electrons. The minimum Gasteiger partial charge on any atom is -0.463 e. The van der Waals surface area contributed by atoms with Crippen LogP contribution in [0.5, 0.6) is 0 Å². The van der Waals surface area contributed by atoms with Gasteiger partial charge in [-0.1, -0.05) is 6.42 Å². The van der Waals surface area contributed by atoms with Gasteiger partial charge in [0.15, 0.2) is 0 Å². The Kier molecular flexibility index (Phi) is 3.65. The fourth-order valence-electron chi connectivity index (χ4n) is 3.21. The molecule has 3 heteroatoms. The van der Waals surface area contributed by atoms with E-state index >= 15 is 0 Å². The maximum atomic E-state index is 12.2. The molecule has 0 aromatic heterocycles. The van der Waals surface area contributed by atoms with Crippen molar-refractivity contribution in [3.8, 4) is 0 Å². The molecule has 2 rings (SSSR count). The van der Waals surface area contributed by atoms with E-state index in [1.807, 2.05) is 0 Å². The number of carbonyl (C=O) groups is 2. The number of ketones is 1. The monoisotopic (exact) mass is 236 g/mol. The Morgan fingerprint density at radius 1 is 1.29 bits per heavy atom. The first-order chi connectivity index (χ1) is 8.19. The van der Waals surface area contributed by atoms with Gasteiger partial charge in [0.25, 0.3) is 0 Å². The SMILES string of the molecule is CCOC(=O)/C=C1\CCCC12CCCCC2=O. The molecule has 0 aromatic rings. The highest BCUT2D eigenvalue weighted by atomic mass is 16.5. The van der Waals surface area contributed by atoms with E-state index in [1.165, 1.54) is 0 Å². The fourth-order valence-corrected chi connectivity index (χ4v) is 3.21. The summed E-state index contributed by atoms with van der Waals surface area (Å²) in [7, 11) is 0. The topological polar surface area (TPSA) is 43.4 Å². The van der Waals surface area contributed by atoms with Crippen LogP contribution < -0.4 is 0 Å². The third-order valence-corrected chi connectivity index (χ3v) is 4.03. The third kappa shape index (κ3) is 2.28. The standard InChI is InChI=1S/C14H20O3/c1-2-17-13(16)10-11-6-5-9-14(11)8-4-3-7-12(14)15/h10H,2-9H2,1H3/b11-10+. The lowest BCUT2D eigenvalue weighted by Crippen LogP contribution is -2.33. The second-order valence-corrected chi connectivity index (χ2v) is 4.99. The average Bonchev–Trinajstić information content (AvgIpc) is 2.67. The maximum Gasteiger partial charge on any atom is 0.330 e. The number of esters is 1. The summed E-state index contributed by atoms with van der Waals surface area (Å²) >= 11 is 0. The quantitative estimate of drug-likeness (QED) is 0.547. The molecule has 3 nitrogen and oxygen atoms in total. The first-order valence-corrected chi connectivity index (χ1v) is 6.60. The summed E-state index contributed by atoms with van der Waals surface area (Å²) in [5.74, 6) is 0.0546. The number of rotatable bonds is 2. The summed E-state index contributed by atoms with van der Waals surface area (Å²) in [6.45, 7) is 2.19. The zero-order valence-electron chi connectivity index (χ0n) is 10.5. The van der Waals surface area contributed by atoms with Crippen molar-refractivity contribution in [2.75, 3.05) is 6.61 Å². The van der Waals surface area contributed by atoms with Gasteiger partial charge in [-0.3, -0.25) is 4.79 Å². The second kappa shape index (κ2) is 5.03. The van der Waals surface area contributed by atoms with Gasteiger partial charge in [-0.25, -0.2) is 4.79 Å². The molecule has 0 amide bonds. The molecule has 1 spiro atoms. The molecule has 1 atom stereocenters. The van der Waals surface area contributed by atoms with Gasteiger partial charge in [-0.15, -0.1) is 0 Å². The van der Waals surface area contributed by atoms with E-state index in [4.69, 9.17) is 4.74 Å². The van der Waals surface area contributed by atoms with Gasteiger partial charge in [-0.2, -0.15) is 0 Å². The van der Waals surface area contributed by atoms with Crippen molar-refractivity contribution in [2.45, 2.75) is 51.9 Å². The van der Waals surface area contributed by atoms with Crippen molar-refractivity contribution >= 4 is 11.8 Å². The molecule has 0 heterocycles. The van der Waals surface area contributed by atoms with E-state index in [1.54, 1.807) is 13.0 Å². The van der Waals surface area contributed by atoms with E-state index in [2.05, 4.69) is 0 Å². The van der Waals surface area contributed by atoms with Crippen molar-refractivity contribution in [1.82, 2.24) is 0 Å². The lowest BCUT2D eigenvalue weighted by atomic mass is 9.69. The Morgan fingerprint density at radius 3 is 2.76 bits per heavy atom. The highest BCUT2D eigenvalue weighted by molar-refractivity contribution is 5.92. The van der Waals surface area contributed by atoms with Crippen molar-refractivity contribution in [2.24, 2.45) is 5.41 Å². The molecule has 0 radical (unpaired) electrons. The summed E-state index contributed by atoms with van der Waals surface area (Å²) < 4.78 is 4.95. The average molecular weight is 236 g/mol. The van der Waals surface area contributed by atoms with Crippen LogP contribution in [0.25, 0.3) is 0 Å². The van der Waals surface area contributed by atoms with E-state index < -0.39 is 0 Å². The van der Waals surface area contributed by atoms with Crippen LogP contribution in [-0.4, -0.2) is 18.4 Å². The second-order valence-electron chi connectivity index (χ2n) is 4.99. The van der Waals surface area contributed by atoms with Crippen molar-refractivity contribution in [3.05, 3.63) is 11.6 Å². The third-order valence-electron chi connectivity index (χ3n) is 4.03. The number of Topliss-reactive ketones (excluding diaryl/α,β-unsaturated/α-hetero) is 1. The Morgan fingerprint density at radius 2 is 2.06 bits per heavy atom. The molecule has 0 aliphatic heterocycles. The van der Waals surface area contributed by atoms with Crippen LogP contribution >= 0.6 is 0 Å². The first-order valence-electron chi connectivity index (χ1n) is 6.60. The van der Waals surface area contributed by atoms with E-state index in [0.717, 1.165) is 44.1 Å². The molecule has 2 fully saturated rings. The molecule has 17 heavy (non-hydrogen) atoms. The van der Waals surface area contributed by atoms with Crippen LogP contribution in [0.1, 0.15) is 51.9 Å². The van der Waals surface area contributed by atoms with Gasteiger partial charge in [-0.05, 0) is 44.6 Å². The lowest BCUT2D eigenvalue weighted by Gasteiger charge is -2.33. The minimum atomic E-state index is -0.301. The Hall–Kier alpha value is -1.12. The summed E-state index contributed by atoms with van der Waals surface area (Å²) in [5.41, 5.74) is 0.728. The van der Waals surface area contributed by atoms with Gasteiger partial charge >= 0.3 is 5.97 Å². The molecule has 0 bridgehead atoms. The molecular formula is C14H20O3. The zero-order valence-corrected chi connectivity index (χ0v) is 10.5.